The van der Waals surface area contributed by atoms with E-state index in [1.54, 1.807) is 0 Å². The van der Waals surface area contributed by atoms with Gasteiger partial charge in [0.05, 0.1) is 11.7 Å². The van der Waals surface area contributed by atoms with Crippen molar-refractivity contribution >= 4 is 30.0 Å². The van der Waals surface area contributed by atoms with Gasteiger partial charge in [-0.1, -0.05) is 13.3 Å². The molecule has 0 aliphatic rings. The first-order valence-electron chi connectivity index (χ1n) is 6.60. The number of rotatable bonds is 7. The highest BCUT2D eigenvalue weighted by Crippen LogP contribution is 2.15. The number of carboxylic acid groups (broad SMARTS) is 1. The van der Waals surface area contributed by atoms with E-state index in [2.05, 4.69) is 10.6 Å². The number of hydrogen-bond donors (Lipinski definition) is 3. The minimum atomic E-state index is -1.06. The van der Waals surface area contributed by atoms with Crippen LogP contribution >= 0.6 is 12.4 Å². The Kier molecular flexibility index (Phi) is 8.59. The van der Waals surface area contributed by atoms with Crippen LogP contribution in [0.2, 0.25) is 0 Å². The topological polar surface area (TPSA) is 78.4 Å². The van der Waals surface area contributed by atoms with Crippen LogP contribution in [-0.4, -0.2) is 29.1 Å². The number of halogens is 3. The molecule has 0 heterocycles. The predicted octanol–water partition coefficient (Wildman–Crippen LogP) is 2.56. The largest absolute Gasteiger partial charge is 0.480 e. The number of hydrogen-bond acceptors (Lipinski definition) is 3. The summed E-state index contributed by atoms with van der Waals surface area (Å²) < 4.78 is 26.4. The highest BCUT2D eigenvalue weighted by Gasteiger charge is 2.22. The maximum absolute atomic E-state index is 13.4. The molecule has 0 aliphatic heterocycles. The zero-order valence-electron chi connectivity index (χ0n) is 12.2. The van der Waals surface area contributed by atoms with E-state index in [1.807, 2.05) is 6.92 Å². The summed E-state index contributed by atoms with van der Waals surface area (Å²) in [4.78, 5) is 22.9. The van der Waals surface area contributed by atoms with Crippen LogP contribution in [0.3, 0.4) is 0 Å². The summed E-state index contributed by atoms with van der Waals surface area (Å²) in [6.45, 7) is 3.28. The Labute approximate surface area is 133 Å². The van der Waals surface area contributed by atoms with Gasteiger partial charge in [0.1, 0.15) is 17.7 Å². The van der Waals surface area contributed by atoms with E-state index in [0.29, 0.717) is 12.8 Å². The van der Waals surface area contributed by atoms with Gasteiger partial charge in [-0.3, -0.25) is 14.9 Å². The molecule has 124 valence electrons. The Morgan fingerprint density at radius 2 is 1.95 bits per heavy atom. The third-order valence-electron chi connectivity index (χ3n) is 2.91. The Hall–Kier alpha value is -1.73. The van der Waals surface area contributed by atoms with Crippen LogP contribution < -0.4 is 10.6 Å². The summed E-state index contributed by atoms with van der Waals surface area (Å²) in [5.74, 6) is -3.14. The molecule has 3 N–H and O–H groups in total. The smallest absolute Gasteiger partial charge is 0.320 e. The van der Waals surface area contributed by atoms with Crippen molar-refractivity contribution in [2.75, 3.05) is 5.32 Å². The molecule has 5 nitrogen and oxygen atoms in total. The Morgan fingerprint density at radius 3 is 2.50 bits per heavy atom. The number of anilines is 1. The molecule has 0 fully saturated rings. The highest BCUT2D eigenvalue weighted by molar-refractivity contribution is 5.95. The van der Waals surface area contributed by atoms with Crippen molar-refractivity contribution in [1.82, 2.24) is 5.32 Å². The number of amides is 1. The molecule has 0 spiro atoms. The molecular weight excluding hydrogens is 318 g/mol. The second-order valence-electron chi connectivity index (χ2n) is 4.68. The van der Waals surface area contributed by atoms with Crippen LogP contribution in [0, 0.1) is 11.6 Å². The number of benzene rings is 1. The highest BCUT2D eigenvalue weighted by atomic mass is 35.5. The monoisotopic (exact) mass is 336 g/mol. The number of carbonyl (C=O) groups excluding carboxylic acids is 1. The molecule has 0 saturated heterocycles. The van der Waals surface area contributed by atoms with Crippen molar-refractivity contribution in [1.29, 1.82) is 0 Å². The fourth-order valence-corrected chi connectivity index (χ4v) is 1.78. The lowest BCUT2D eigenvalue weighted by Gasteiger charge is -2.19. The molecule has 2 unspecified atom stereocenters. The fourth-order valence-electron chi connectivity index (χ4n) is 1.78. The lowest BCUT2D eigenvalue weighted by molar-refractivity contribution is -0.140. The van der Waals surface area contributed by atoms with E-state index in [4.69, 9.17) is 5.11 Å². The van der Waals surface area contributed by atoms with Gasteiger partial charge in [0.25, 0.3) is 0 Å². The van der Waals surface area contributed by atoms with E-state index < -0.39 is 35.6 Å². The lowest BCUT2D eigenvalue weighted by atomic mass is 10.1. The van der Waals surface area contributed by atoms with Crippen LogP contribution in [0.1, 0.15) is 26.7 Å². The average Bonchev–Trinajstić information content (AvgIpc) is 2.42. The zero-order valence-corrected chi connectivity index (χ0v) is 13.0. The lowest BCUT2D eigenvalue weighted by Crippen LogP contribution is -2.47. The van der Waals surface area contributed by atoms with Crippen LogP contribution in [-0.2, 0) is 9.59 Å². The van der Waals surface area contributed by atoms with Gasteiger partial charge in [0.15, 0.2) is 0 Å². The quantitative estimate of drug-likeness (QED) is 0.715. The van der Waals surface area contributed by atoms with E-state index in [9.17, 15) is 18.4 Å². The predicted molar refractivity (Wildman–Crippen MR) is 81.2 cm³/mol. The molecule has 8 heteroatoms. The van der Waals surface area contributed by atoms with Crippen molar-refractivity contribution < 1.29 is 23.5 Å². The summed E-state index contributed by atoms with van der Waals surface area (Å²) in [5, 5.41) is 13.9. The Morgan fingerprint density at radius 1 is 1.32 bits per heavy atom. The van der Waals surface area contributed by atoms with Crippen molar-refractivity contribution in [2.24, 2.45) is 0 Å². The first-order valence-corrected chi connectivity index (χ1v) is 6.60. The second-order valence-corrected chi connectivity index (χ2v) is 4.68. The van der Waals surface area contributed by atoms with Crippen molar-refractivity contribution in [3.63, 3.8) is 0 Å². The van der Waals surface area contributed by atoms with E-state index in [-0.39, 0.29) is 18.1 Å². The van der Waals surface area contributed by atoms with Crippen molar-refractivity contribution in [3.05, 3.63) is 29.8 Å². The first-order chi connectivity index (χ1) is 9.85. The average molecular weight is 337 g/mol. The molecule has 22 heavy (non-hydrogen) atoms. The molecule has 2 atom stereocenters. The zero-order chi connectivity index (χ0) is 16.0. The molecule has 0 radical (unpaired) electrons. The summed E-state index contributed by atoms with van der Waals surface area (Å²) in [5.41, 5.74) is -0.281. The van der Waals surface area contributed by atoms with Crippen LogP contribution in [0.15, 0.2) is 18.2 Å². The van der Waals surface area contributed by atoms with Gasteiger partial charge in [-0.15, -0.1) is 12.4 Å². The molecule has 1 amide bonds. The second kappa shape index (κ2) is 9.32. The van der Waals surface area contributed by atoms with Gasteiger partial charge < -0.3 is 10.4 Å². The SMILES string of the molecule is CCCC(NC(C)C(=O)Nc1cc(F)ccc1F)C(=O)O.Cl. The van der Waals surface area contributed by atoms with Crippen LogP contribution in [0.4, 0.5) is 14.5 Å². The molecule has 1 aromatic rings. The Balaban J connectivity index is 0.00000441. The van der Waals surface area contributed by atoms with Gasteiger partial charge in [0.2, 0.25) is 5.91 Å². The fraction of sp³-hybridized carbons (Fsp3) is 0.429. The molecule has 1 rings (SSSR count). The summed E-state index contributed by atoms with van der Waals surface area (Å²) in [7, 11) is 0. The molecule has 0 saturated carbocycles. The van der Waals surface area contributed by atoms with Gasteiger partial charge in [-0.2, -0.15) is 0 Å². The molecule has 0 aromatic heterocycles. The first kappa shape index (κ1) is 20.3. The van der Waals surface area contributed by atoms with Gasteiger partial charge in [0, 0.05) is 6.07 Å². The minimum Gasteiger partial charge on any atom is -0.480 e. The minimum absolute atomic E-state index is 0. The maximum atomic E-state index is 13.4. The third-order valence-corrected chi connectivity index (χ3v) is 2.91. The number of nitrogens with one attached hydrogen (secondary N) is 2. The molecule has 1 aromatic carbocycles. The summed E-state index contributed by atoms with van der Waals surface area (Å²) in [6, 6.07) is 0.975. The summed E-state index contributed by atoms with van der Waals surface area (Å²) >= 11 is 0. The van der Waals surface area contributed by atoms with Crippen LogP contribution in [0.25, 0.3) is 0 Å². The molecule has 0 aliphatic carbocycles. The normalized spacial score (nSPS) is 12.9. The standard InChI is InChI=1S/C14H18F2N2O3.ClH/c1-3-4-11(14(20)21)17-8(2)13(19)18-12-7-9(15)5-6-10(12)16;/h5-8,11,17H,3-4H2,1-2H3,(H,18,19)(H,20,21);1H. The van der Waals surface area contributed by atoms with Gasteiger partial charge in [-0.05, 0) is 25.5 Å². The van der Waals surface area contributed by atoms with Gasteiger partial charge >= 0.3 is 5.97 Å². The van der Waals surface area contributed by atoms with E-state index in [1.165, 1.54) is 6.92 Å². The third kappa shape index (κ3) is 5.95. The van der Waals surface area contributed by atoms with Crippen molar-refractivity contribution in [2.45, 2.75) is 38.8 Å². The van der Waals surface area contributed by atoms with E-state index >= 15 is 0 Å². The molecular formula is C14H19ClF2N2O3. The van der Waals surface area contributed by atoms with Gasteiger partial charge in [-0.25, -0.2) is 8.78 Å². The summed E-state index contributed by atoms with van der Waals surface area (Å²) in [6.07, 6.45) is 0.998. The number of aliphatic carboxylic acids is 1. The maximum Gasteiger partial charge on any atom is 0.320 e. The molecule has 0 bridgehead atoms. The van der Waals surface area contributed by atoms with E-state index in [0.717, 1.165) is 18.2 Å². The number of carbonyl (C=O) groups is 2. The van der Waals surface area contributed by atoms with Crippen molar-refractivity contribution in [3.8, 4) is 0 Å². The Bertz CT molecular complexity index is 529. The number of carboxylic acids is 1. The van der Waals surface area contributed by atoms with Crippen LogP contribution in [0.5, 0.6) is 0 Å².